The van der Waals surface area contributed by atoms with Crippen molar-refractivity contribution in [3.8, 4) is 22.6 Å². The maximum absolute atomic E-state index is 12.9. The molecule has 0 saturated carbocycles. The molecule has 0 amide bonds. The number of aryl methyl sites for hydroxylation is 3. The average molecular weight is 504 g/mol. The molecule has 1 N–H and O–H groups in total. The van der Waals surface area contributed by atoms with E-state index >= 15 is 0 Å². The third-order valence-electron chi connectivity index (χ3n) is 5.64. The third-order valence-corrected chi connectivity index (χ3v) is 6.60. The molecule has 0 bridgehead atoms. The summed E-state index contributed by atoms with van der Waals surface area (Å²) in [5.74, 6) is 0.858. The standard InChI is InChI=1S/C25H24F3N3O3S/c1-16-12-17(14-20(13-16)34-19-6-4-18(5-7-19)25(26,27)28)21-15-31(10-11-35(3,29)33)22-8-9-23(32)30(2)24(21)22/h4-9,12-15,29H,10-11H2,1-3H3. The molecule has 1 atom stereocenters. The van der Waals surface area contributed by atoms with Crippen molar-refractivity contribution in [3.63, 3.8) is 0 Å². The SMILES string of the molecule is Cc1cc(Oc2ccc(C(F)(F)F)cc2)cc(-c2cn(CCS(C)(=N)=O)c3ccc(=O)n(C)c23)c1. The van der Waals surface area contributed by atoms with Crippen molar-refractivity contribution in [1.29, 1.82) is 4.78 Å². The van der Waals surface area contributed by atoms with Crippen LogP contribution in [0.2, 0.25) is 0 Å². The molecular formula is C25H24F3N3O3S. The van der Waals surface area contributed by atoms with E-state index in [2.05, 4.69) is 0 Å². The Balaban J connectivity index is 1.77. The van der Waals surface area contributed by atoms with Crippen molar-refractivity contribution >= 4 is 20.8 Å². The molecule has 6 nitrogen and oxygen atoms in total. The summed E-state index contributed by atoms with van der Waals surface area (Å²) < 4.78 is 67.5. The van der Waals surface area contributed by atoms with E-state index in [1.807, 2.05) is 23.8 Å². The number of ether oxygens (including phenoxy) is 1. The molecule has 2 heterocycles. The van der Waals surface area contributed by atoms with Crippen molar-refractivity contribution in [2.45, 2.75) is 19.6 Å². The number of halogens is 3. The van der Waals surface area contributed by atoms with E-state index in [-0.39, 0.29) is 17.1 Å². The maximum atomic E-state index is 12.9. The molecule has 0 fully saturated rings. The number of hydrogen-bond acceptors (Lipinski definition) is 4. The first kappa shape index (κ1) is 24.6. The fourth-order valence-corrected chi connectivity index (χ4v) is 4.48. The molecule has 0 saturated heterocycles. The Morgan fingerprint density at radius 1 is 1.03 bits per heavy atom. The number of nitrogens with zero attached hydrogens (tertiary/aromatic N) is 2. The van der Waals surface area contributed by atoms with Crippen LogP contribution in [0.4, 0.5) is 13.2 Å². The molecule has 1 unspecified atom stereocenters. The van der Waals surface area contributed by atoms with Gasteiger partial charge in [0.05, 0.1) is 16.6 Å². The van der Waals surface area contributed by atoms with E-state index in [9.17, 15) is 22.2 Å². The number of aromatic nitrogens is 2. The summed E-state index contributed by atoms with van der Waals surface area (Å²) in [6, 6.07) is 13.1. The zero-order valence-corrected chi connectivity index (χ0v) is 20.2. The van der Waals surface area contributed by atoms with Gasteiger partial charge >= 0.3 is 6.18 Å². The predicted molar refractivity (Wildman–Crippen MR) is 131 cm³/mol. The predicted octanol–water partition coefficient (Wildman–Crippen LogP) is 5.80. The summed E-state index contributed by atoms with van der Waals surface area (Å²) in [7, 11) is -1.04. The number of nitrogens with one attached hydrogen (secondary N) is 1. The van der Waals surface area contributed by atoms with Crippen molar-refractivity contribution in [2.24, 2.45) is 7.05 Å². The van der Waals surface area contributed by atoms with Gasteiger partial charge < -0.3 is 13.9 Å². The van der Waals surface area contributed by atoms with Gasteiger partial charge in [0.2, 0.25) is 0 Å². The van der Waals surface area contributed by atoms with Crippen molar-refractivity contribution in [3.05, 3.63) is 82.3 Å². The molecular weight excluding hydrogens is 479 g/mol. The number of rotatable bonds is 6. The average Bonchev–Trinajstić information content (AvgIpc) is 3.13. The first-order chi connectivity index (χ1) is 16.3. The minimum Gasteiger partial charge on any atom is -0.457 e. The highest BCUT2D eigenvalue weighted by atomic mass is 32.2. The number of alkyl halides is 3. The van der Waals surface area contributed by atoms with Gasteiger partial charge in [-0.3, -0.25) is 13.8 Å². The molecule has 2 aromatic heterocycles. The summed E-state index contributed by atoms with van der Waals surface area (Å²) in [6.45, 7) is 2.21. The minimum absolute atomic E-state index is 0.162. The summed E-state index contributed by atoms with van der Waals surface area (Å²) in [4.78, 5) is 12.4. The second-order valence-corrected chi connectivity index (χ2v) is 11.0. The first-order valence-electron chi connectivity index (χ1n) is 10.7. The van der Waals surface area contributed by atoms with E-state index in [0.717, 1.165) is 34.3 Å². The monoisotopic (exact) mass is 503 g/mol. The quantitative estimate of drug-likeness (QED) is 0.361. The fraction of sp³-hybridized carbons (Fsp3) is 0.240. The maximum Gasteiger partial charge on any atom is 0.416 e. The third kappa shape index (κ3) is 5.43. The van der Waals surface area contributed by atoms with Crippen molar-refractivity contribution in [1.82, 2.24) is 9.13 Å². The number of fused-ring (bicyclic) bond motifs is 1. The summed E-state index contributed by atoms with van der Waals surface area (Å²) in [6.07, 6.45) is -1.18. The molecule has 0 aliphatic carbocycles. The van der Waals surface area contributed by atoms with Crippen LogP contribution < -0.4 is 10.3 Å². The second kappa shape index (κ2) is 8.92. The van der Waals surface area contributed by atoms with Gasteiger partial charge in [-0.1, -0.05) is 6.07 Å². The van der Waals surface area contributed by atoms with Gasteiger partial charge in [0.15, 0.2) is 0 Å². The van der Waals surface area contributed by atoms with Gasteiger partial charge in [-0.25, -0.2) is 0 Å². The van der Waals surface area contributed by atoms with Crippen LogP contribution >= 0.6 is 0 Å². The fourth-order valence-electron chi connectivity index (χ4n) is 3.94. The van der Waals surface area contributed by atoms with Crippen LogP contribution in [0.15, 0.2) is 65.6 Å². The van der Waals surface area contributed by atoms with E-state index in [1.54, 1.807) is 25.2 Å². The molecule has 4 aromatic rings. The normalized spacial score (nSPS) is 13.7. The van der Waals surface area contributed by atoms with Gasteiger partial charge in [0, 0.05) is 53.2 Å². The lowest BCUT2D eigenvalue weighted by atomic mass is 10.0. The second-order valence-electron chi connectivity index (χ2n) is 8.57. The van der Waals surface area contributed by atoms with Gasteiger partial charge in [0.25, 0.3) is 5.56 Å². The van der Waals surface area contributed by atoms with Crippen LogP contribution in [0.3, 0.4) is 0 Å². The Bertz CT molecular complexity index is 1570. The Morgan fingerprint density at radius 3 is 2.34 bits per heavy atom. The smallest absolute Gasteiger partial charge is 0.416 e. The Labute approximate surface area is 200 Å². The highest BCUT2D eigenvalue weighted by Crippen LogP contribution is 2.35. The highest BCUT2D eigenvalue weighted by molar-refractivity contribution is 7.91. The van der Waals surface area contributed by atoms with Crippen LogP contribution in [0, 0.1) is 11.7 Å². The van der Waals surface area contributed by atoms with Crippen LogP contribution in [0.5, 0.6) is 11.5 Å². The largest absolute Gasteiger partial charge is 0.457 e. The molecule has 0 aliphatic rings. The number of hydrogen-bond donors (Lipinski definition) is 1. The molecule has 0 aliphatic heterocycles. The first-order valence-corrected chi connectivity index (χ1v) is 12.8. The zero-order valence-electron chi connectivity index (χ0n) is 19.3. The van der Waals surface area contributed by atoms with Crippen molar-refractivity contribution < 1.29 is 22.1 Å². The molecule has 35 heavy (non-hydrogen) atoms. The lowest BCUT2D eigenvalue weighted by Gasteiger charge is -2.11. The molecule has 10 heteroatoms. The number of benzene rings is 2. The summed E-state index contributed by atoms with van der Waals surface area (Å²) in [5, 5.41) is 0. The number of pyridine rings is 1. The zero-order chi connectivity index (χ0) is 25.5. The van der Waals surface area contributed by atoms with Crippen LogP contribution in [0.25, 0.3) is 22.2 Å². The lowest BCUT2D eigenvalue weighted by molar-refractivity contribution is -0.137. The van der Waals surface area contributed by atoms with Crippen LogP contribution in [0.1, 0.15) is 11.1 Å². The van der Waals surface area contributed by atoms with Gasteiger partial charge in [-0.15, -0.1) is 0 Å². The molecule has 184 valence electrons. The Hall–Kier alpha value is -3.53. The van der Waals surface area contributed by atoms with Gasteiger partial charge in [-0.05, 0) is 60.5 Å². The van der Waals surface area contributed by atoms with E-state index in [4.69, 9.17) is 9.52 Å². The van der Waals surface area contributed by atoms with Crippen LogP contribution in [-0.2, 0) is 29.5 Å². The van der Waals surface area contributed by atoms with Crippen molar-refractivity contribution in [2.75, 3.05) is 12.0 Å². The van der Waals surface area contributed by atoms with E-state index in [1.165, 1.54) is 29.0 Å². The summed E-state index contributed by atoms with van der Waals surface area (Å²) in [5.41, 5.74) is 2.84. The Kier molecular flexibility index (Phi) is 6.27. The van der Waals surface area contributed by atoms with Gasteiger partial charge in [-0.2, -0.15) is 13.2 Å². The topological polar surface area (TPSA) is 77.1 Å². The molecule has 4 rings (SSSR count). The van der Waals surface area contributed by atoms with Gasteiger partial charge in [0.1, 0.15) is 11.5 Å². The lowest BCUT2D eigenvalue weighted by Crippen LogP contribution is -2.16. The molecule has 0 spiro atoms. The Morgan fingerprint density at radius 2 is 1.71 bits per heavy atom. The minimum atomic E-state index is -4.43. The van der Waals surface area contributed by atoms with E-state index in [0.29, 0.717) is 17.8 Å². The van der Waals surface area contributed by atoms with E-state index < -0.39 is 21.5 Å². The molecule has 2 aromatic carbocycles. The molecule has 0 radical (unpaired) electrons. The highest BCUT2D eigenvalue weighted by Gasteiger charge is 2.30. The van der Waals surface area contributed by atoms with Crippen LogP contribution in [-0.4, -0.2) is 25.4 Å². The summed E-state index contributed by atoms with van der Waals surface area (Å²) >= 11 is 0.